The highest BCUT2D eigenvalue weighted by Gasteiger charge is 2.09. The summed E-state index contributed by atoms with van der Waals surface area (Å²) >= 11 is 6.01. The zero-order valence-electron chi connectivity index (χ0n) is 10.4. The van der Waals surface area contributed by atoms with Crippen LogP contribution < -0.4 is 4.74 Å². The van der Waals surface area contributed by atoms with E-state index in [2.05, 4.69) is 23.8 Å². The predicted molar refractivity (Wildman–Crippen MR) is 67.6 cm³/mol. The lowest BCUT2D eigenvalue weighted by atomic mass is 10.2. The van der Waals surface area contributed by atoms with Crippen molar-refractivity contribution >= 4 is 11.6 Å². The molecule has 1 rings (SSSR count). The fourth-order valence-corrected chi connectivity index (χ4v) is 1.62. The topological polar surface area (TPSA) is 44.2 Å². The van der Waals surface area contributed by atoms with Crippen molar-refractivity contribution in [1.29, 1.82) is 0 Å². The summed E-state index contributed by atoms with van der Waals surface area (Å²) in [5.74, 6) is 0.576. The second-order valence-electron chi connectivity index (χ2n) is 3.66. The molecule has 0 saturated carbocycles. The molecule has 0 atom stereocenters. The molecular formula is C12H19ClN2O2. The number of ether oxygens (including phenoxy) is 2. The second kappa shape index (κ2) is 8.25. The van der Waals surface area contributed by atoms with E-state index >= 15 is 0 Å². The monoisotopic (exact) mass is 258 g/mol. The summed E-state index contributed by atoms with van der Waals surface area (Å²) in [6.07, 6.45) is 4.24. The van der Waals surface area contributed by atoms with Gasteiger partial charge in [-0.15, -0.1) is 0 Å². The molecule has 0 amide bonds. The summed E-state index contributed by atoms with van der Waals surface area (Å²) in [5, 5.41) is 0.478. The highest BCUT2D eigenvalue weighted by Crippen LogP contribution is 2.23. The zero-order valence-corrected chi connectivity index (χ0v) is 11.2. The molecule has 0 N–H and O–H groups in total. The molecule has 0 radical (unpaired) electrons. The van der Waals surface area contributed by atoms with E-state index < -0.39 is 0 Å². The van der Waals surface area contributed by atoms with Crippen LogP contribution in [0.5, 0.6) is 5.88 Å². The van der Waals surface area contributed by atoms with E-state index in [1.807, 2.05) is 0 Å². The van der Waals surface area contributed by atoms with E-state index in [4.69, 9.17) is 21.1 Å². The van der Waals surface area contributed by atoms with Crippen LogP contribution in [0, 0.1) is 0 Å². The quantitative estimate of drug-likeness (QED) is 0.531. The summed E-state index contributed by atoms with van der Waals surface area (Å²) in [6, 6.07) is 0. The van der Waals surface area contributed by atoms with Gasteiger partial charge in [0.15, 0.2) is 0 Å². The summed E-state index contributed by atoms with van der Waals surface area (Å²) in [5.41, 5.74) is 0.882. The van der Waals surface area contributed by atoms with E-state index in [0.29, 0.717) is 24.2 Å². The smallest absolute Gasteiger partial charge is 0.221 e. The van der Waals surface area contributed by atoms with Crippen LogP contribution in [0.2, 0.25) is 5.15 Å². The Morgan fingerprint density at radius 2 is 1.94 bits per heavy atom. The fraction of sp³-hybridized carbons (Fsp3) is 0.667. The maximum Gasteiger partial charge on any atom is 0.221 e. The number of halogens is 1. The number of hydrogen-bond donors (Lipinski definition) is 0. The van der Waals surface area contributed by atoms with Gasteiger partial charge < -0.3 is 9.47 Å². The lowest BCUT2D eigenvalue weighted by Crippen LogP contribution is -2.10. The van der Waals surface area contributed by atoms with Gasteiger partial charge in [-0.25, -0.2) is 9.97 Å². The molecule has 0 aliphatic heterocycles. The van der Waals surface area contributed by atoms with Gasteiger partial charge in [-0.1, -0.05) is 31.9 Å². The minimum atomic E-state index is 0.478. The van der Waals surface area contributed by atoms with Crippen molar-refractivity contribution < 1.29 is 9.47 Å². The fourth-order valence-electron chi connectivity index (χ4n) is 1.40. The molecular weight excluding hydrogens is 240 g/mol. The first-order chi connectivity index (χ1) is 8.29. The maximum absolute atomic E-state index is 6.01. The van der Waals surface area contributed by atoms with Gasteiger partial charge in [0, 0.05) is 6.61 Å². The third kappa shape index (κ3) is 4.88. The molecule has 96 valence electrons. The largest absolute Gasteiger partial charge is 0.475 e. The van der Waals surface area contributed by atoms with Crippen molar-refractivity contribution in [3.63, 3.8) is 0 Å². The molecule has 0 aromatic carbocycles. The Morgan fingerprint density at radius 3 is 2.65 bits per heavy atom. The Kier molecular flexibility index (Phi) is 6.89. The number of rotatable bonds is 8. The second-order valence-corrected chi connectivity index (χ2v) is 4.02. The Balaban J connectivity index is 2.48. The number of aromatic nitrogens is 2. The van der Waals surface area contributed by atoms with Gasteiger partial charge in [0.25, 0.3) is 0 Å². The van der Waals surface area contributed by atoms with Crippen molar-refractivity contribution in [1.82, 2.24) is 9.97 Å². The van der Waals surface area contributed by atoms with Gasteiger partial charge in [0.1, 0.15) is 18.1 Å². The average Bonchev–Trinajstić information content (AvgIpc) is 2.33. The van der Waals surface area contributed by atoms with Crippen LogP contribution in [0.15, 0.2) is 6.33 Å². The highest BCUT2D eigenvalue weighted by atomic mass is 35.5. The standard InChI is InChI=1S/C12H19ClN2O2/c1-3-5-10-11(13)14-9-15-12(10)17-8-7-16-6-4-2/h9H,3-8H2,1-2H3. The molecule has 17 heavy (non-hydrogen) atoms. The first kappa shape index (κ1) is 14.2. The van der Waals surface area contributed by atoms with Gasteiger partial charge in [-0.05, 0) is 12.8 Å². The van der Waals surface area contributed by atoms with E-state index in [-0.39, 0.29) is 0 Å². The van der Waals surface area contributed by atoms with Gasteiger partial charge in [0.2, 0.25) is 5.88 Å². The van der Waals surface area contributed by atoms with E-state index in [1.165, 1.54) is 6.33 Å². The maximum atomic E-state index is 6.01. The van der Waals surface area contributed by atoms with Crippen LogP contribution in [-0.4, -0.2) is 29.8 Å². The Hall–Kier alpha value is -0.870. The molecule has 1 aromatic heterocycles. The predicted octanol–water partition coefficient (Wildman–Crippen LogP) is 2.89. The Labute approximate surface area is 107 Å². The van der Waals surface area contributed by atoms with E-state index in [0.717, 1.165) is 31.4 Å². The molecule has 1 aromatic rings. The lowest BCUT2D eigenvalue weighted by Gasteiger charge is -2.10. The van der Waals surface area contributed by atoms with Gasteiger partial charge in [-0.2, -0.15) is 0 Å². The summed E-state index contributed by atoms with van der Waals surface area (Å²) in [6.45, 7) is 5.97. The SMILES string of the molecule is CCCOCCOc1ncnc(Cl)c1CCC. The van der Waals surface area contributed by atoms with Gasteiger partial charge >= 0.3 is 0 Å². The molecule has 0 unspecified atom stereocenters. The molecule has 0 spiro atoms. The normalized spacial score (nSPS) is 10.5. The Bertz CT molecular complexity index is 334. The van der Waals surface area contributed by atoms with Crippen LogP contribution in [0.25, 0.3) is 0 Å². The van der Waals surface area contributed by atoms with Crippen molar-refractivity contribution in [2.75, 3.05) is 19.8 Å². The molecule has 1 heterocycles. The van der Waals surface area contributed by atoms with E-state index in [9.17, 15) is 0 Å². The van der Waals surface area contributed by atoms with Gasteiger partial charge in [0.05, 0.1) is 12.2 Å². The van der Waals surface area contributed by atoms with Crippen LogP contribution in [0.4, 0.5) is 0 Å². The van der Waals surface area contributed by atoms with Crippen LogP contribution in [0.3, 0.4) is 0 Å². The molecule has 0 saturated heterocycles. The zero-order chi connectivity index (χ0) is 12.5. The molecule has 0 bridgehead atoms. The third-order valence-corrected chi connectivity index (χ3v) is 2.49. The van der Waals surface area contributed by atoms with Gasteiger partial charge in [-0.3, -0.25) is 0 Å². The molecule has 0 fully saturated rings. The summed E-state index contributed by atoms with van der Waals surface area (Å²) in [7, 11) is 0. The minimum absolute atomic E-state index is 0.478. The highest BCUT2D eigenvalue weighted by molar-refractivity contribution is 6.30. The van der Waals surface area contributed by atoms with Crippen LogP contribution in [0.1, 0.15) is 32.3 Å². The Morgan fingerprint density at radius 1 is 1.12 bits per heavy atom. The summed E-state index contributed by atoms with van der Waals surface area (Å²) < 4.78 is 10.9. The van der Waals surface area contributed by atoms with Crippen molar-refractivity contribution in [2.24, 2.45) is 0 Å². The lowest BCUT2D eigenvalue weighted by molar-refractivity contribution is 0.0985. The van der Waals surface area contributed by atoms with Crippen LogP contribution >= 0.6 is 11.6 Å². The van der Waals surface area contributed by atoms with E-state index in [1.54, 1.807) is 0 Å². The average molecular weight is 259 g/mol. The first-order valence-corrected chi connectivity index (χ1v) is 6.37. The first-order valence-electron chi connectivity index (χ1n) is 5.99. The molecule has 5 heteroatoms. The molecule has 0 aliphatic rings. The third-order valence-electron chi connectivity index (χ3n) is 2.17. The van der Waals surface area contributed by atoms with Crippen molar-refractivity contribution in [3.05, 3.63) is 17.0 Å². The number of nitrogens with zero attached hydrogens (tertiary/aromatic N) is 2. The van der Waals surface area contributed by atoms with Crippen molar-refractivity contribution in [3.8, 4) is 5.88 Å². The molecule has 4 nitrogen and oxygen atoms in total. The molecule has 0 aliphatic carbocycles. The summed E-state index contributed by atoms with van der Waals surface area (Å²) in [4.78, 5) is 8.06. The number of hydrogen-bond acceptors (Lipinski definition) is 4. The van der Waals surface area contributed by atoms with Crippen LogP contribution in [-0.2, 0) is 11.2 Å². The minimum Gasteiger partial charge on any atom is -0.475 e. The van der Waals surface area contributed by atoms with Crippen molar-refractivity contribution in [2.45, 2.75) is 33.1 Å².